The summed E-state index contributed by atoms with van der Waals surface area (Å²) in [5.74, 6) is -1.53. The molecule has 4 nitrogen and oxygen atoms in total. The van der Waals surface area contributed by atoms with Crippen LogP contribution in [0.2, 0.25) is 0 Å². The minimum Gasteiger partial charge on any atom is -0.478 e. The standard InChI is InChI=1S/C15H19FO4/c1-19-15(10-5-3-2-4-6-10)20-13-9-11(14(17)18)7-8-12(13)16/h7-10,15H,2-6H2,1H3,(H,17,18). The Morgan fingerprint density at radius 1 is 1.35 bits per heavy atom. The number of rotatable bonds is 5. The molecule has 0 aliphatic heterocycles. The maximum Gasteiger partial charge on any atom is 0.335 e. The molecule has 0 radical (unpaired) electrons. The Labute approximate surface area is 117 Å². The normalized spacial score (nSPS) is 17.7. The molecule has 1 aliphatic carbocycles. The number of aromatic carboxylic acids is 1. The average Bonchev–Trinajstić information content (AvgIpc) is 2.47. The number of ether oxygens (including phenoxy) is 2. The molecule has 5 heteroatoms. The average molecular weight is 282 g/mol. The lowest BCUT2D eigenvalue weighted by Crippen LogP contribution is -2.30. The monoisotopic (exact) mass is 282 g/mol. The van der Waals surface area contributed by atoms with Gasteiger partial charge in [-0.05, 0) is 31.0 Å². The molecule has 1 saturated carbocycles. The molecule has 0 saturated heterocycles. The van der Waals surface area contributed by atoms with Crippen LogP contribution in [-0.4, -0.2) is 24.5 Å². The van der Waals surface area contributed by atoms with E-state index in [4.69, 9.17) is 14.6 Å². The summed E-state index contributed by atoms with van der Waals surface area (Å²) in [5, 5.41) is 8.93. The fourth-order valence-corrected chi connectivity index (χ4v) is 2.59. The Bertz CT molecular complexity index is 469. The summed E-state index contributed by atoms with van der Waals surface area (Å²) in [6.45, 7) is 0. The molecular weight excluding hydrogens is 263 g/mol. The zero-order chi connectivity index (χ0) is 14.5. The van der Waals surface area contributed by atoms with Crippen LogP contribution in [-0.2, 0) is 4.74 Å². The maximum absolute atomic E-state index is 13.7. The predicted octanol–water partition coefficient (Wildman–Crippen LogP) is 3.46. The molecule has 1 atom stereocenters. The highest BCUT2D eigenvalue weighted by atomic mass is 19.1. The van der Waals surface area contributed by atoms with Gasteiger partial charge in [-0.25, -0.2) is 9.18 Å². The van der Waals surface area contributed by atoms with Gasteiger partial charge < -0.3 is 14.6 Å². The zero-order valence-electron chi connectivity index (χ0n) is 11.5. The number of benzene rings is 1. The Morgan fingerprint density at radius 2 is 2.05 bits per heavy atom. The maximum atomic E-state index is 13.7. The number of methoxy groups -OCH3 is 1. The van der Waals surface area contributed by atoms with Crippen LogP contribution in [0.5, 0.6) is 5.75 Å². The van der Waals surface area contributed by atoms with Gasteiger partial charge in [0.05, 0.1) is 5.56 Å². The second-order valence-corrected chi connectivity index (χ2v) is 5.07. The minimum atomic E-state index is -1.11. The first-order chi connectivity index (χ1) is 9.61. The zero-order valence-corrected chi connectivity index (χ0v) is 11.5. The third kappa shape index (κ3) is 3.48. The van der Waals surface area contributed by atoms with Crippen molar-refractivity contribution in [2.45, 2.75) is 38.4 Å². The first kappa shape index (κ1) is 14.8. The van der Waals surface area contributed by atoms with E-state index in [1.807, 2.05) is 0 Å². The summed E-state index contributed by atoms with van der Waals surface area (Å²) in [4.78, 5) is 10.9. The number of halogens is 1. The van der Waals surface area contributed by atoms with Gasteiger partial charge in [0.2, 0.25) is 6.29 Å². The number of carboxylic acids is 1. The summed E-state index contributed by atoms with van der Waals surface area (Å²) >= 11 is 0. The molecule has 1 unspecified atom stereocenters. The SMILES string of the molecule is COC(Oc1cc(C(=O)O)ccc1F)C1CCCCC1. The summed E-state index contributed by atoms with van der Waals surface area (Å²) in [5.41, 5.74) is -0.0000952. The number of carbonyl (C=O) groups is 1. The molecule has 1 aliphatic rings. The fraction of sp³-hybridized carbons (Fsp3) is 0.533. The highest BCUT2D eigenvalue weighted by Crippen LogP contribution is 2.30. The van der Waals surface area contributed by atoms with Crippen LogP contribution >= 0.6 is 0 Å². The summed E-state index contributed by atoms with van der Waals surface area (Å²) in [6, 6.07) is 3.52. The van der Waals surface area contributed by atoms with E-state index < -0.39 is 18.1 Å². The quantitative estimate of drug-likeness (QED) is 0.840. The lowest BCUT2D eigenvalue weighted by Gasteiger charge is -2.29. The molecule has 0 heterocycles. The van der Waals surface area contributed by atoms with Crippen molar-refractivity contribution in [3.63, 3.8) is 0 Å². The van der Waals surface area contributed by atoms with Crippen molar-refractivity contribution in [2.75, 3.05) is 7.11 Å². The molecule has 20 heavy (non-hydrogen) atoms. The largest absolute Gasteiger partial charge is 0.478 e. The molecule has 0 bridgehead atoms. The molecule has 110 valence electrons. The summed E-state index contributed by atoms with van der Waals surface area (Å²) < 4.78 is 24.6. The minimum absolute atomic E-state index is 0.0000952. The Hall–Kier alpha value is -1.62. The van der Waals surface area contributed by atoms with Crippen molar-refractivity contribution in [3.8, 4) is 5.75 Å². The first-order valence-corrected chi connectivity index (χ1v) is 6.84. The highest BCUT2D eigenvalue weighted by molar-refractivity contribution is 5.88. The lowest BCUT2D eigenvalue weighted by atomic mass is 9.89. The third-order valence-electron chi connectivity index (χ3n) is 3.69. The van der Waals surface area contributed by atoms with E-state index in [9.17, 15) is 9.18 Å². The van der Waals surface area contributed by atoms with Crippen molar-refractivity contribution in [1.29, 1.82) is 0 Å². The third-order valence-corrected chi connectivity index (χ3v) is 3.69. The van der Waals surface area contributed by atoms with Gasteiger partial charge in [0.15, 0.2) is 11.6 Å². The van der Waals surface area contributed by atoms with Gasteiger partial charge in [-0.2, -0.15) is 0 Å². The smallest absolute Gasteiger partial charge is 0.335 e. The van der Waals surface area contributed by atoms with Gasteiger partial charge in [0.25, 0.3) is 0 Å². The van der Waals surface area contributed by atoms with E-state index in [2.05, 4.69) is 0 Å². The van der Waals surface area contributed by atoms with Gasteiger partial charge >= 0.3 is 5.97 Å². The van der Waals surface area contributed by atoms with Crippen LogP contribution in [0.4, 0.5) is 4.39 Å². The van der Waals surface area contributed by atoms with Gasteiger partial charge in [-0.15, -0.1) is 0 Å². The van der Waals surface area contributed by atoms with Crippen LogP contribution in [0.3, 0.4) is 0 Å². The molecule has 1 aromatic carbocycles. The molecule has 1 aromatic rings. The van der Waals surface area contributed by atoms with E-state index in [0.29, 0.717) is 0 Å². The highest BCUT2D eigenvalue weighted by Gasteiger charge is 2.26. The summed E-state index contributed by atoms with van der Waals surface area (Å²) in [6.07, 6.45) is 4.87. The Balaban J connectivity index is 2.13. The van der Waals surface area contributed by atoms with Gasteiger partial charge in [0, 0.05) is 13.0 Å². The predicted molar refractivity (Wildman–Crippen MR) is 71.4 cm³/mol. The molecule has 1 fully saturated rings. The molecule has 1 N–H and O–H groups in total. The van der Waals surface area contributed by atoms with E-state index in [1.54, 1.807) is 0 Å². The second kappa shape index (κ2) is 6.70. The Kier molecular flexibility index (Phi) is 4.95. The molecule has 0 aromatic heterocycles. The van der Waals surface area contributed by atoms with Crippen molar-refractivity contribution in [1.82, 2.24) is 0 Å². The van der Waals surface area contributed by atoms with Gasteiger partial charge in [-0.3, -0.25) is 0 Å². The van der Waals surface area contributed by atoms with Crippen LogP contribution in [0.15, 0.2) is 18.2 Å². The molecule has 0 spiro atoms. The molecule has 0 amide bonds. The van der Waals surface area contributed by atoms with Crippen LogP contribution in [0.25, 0.3) is 0 Å². The van der Waals surface area contributed by atoms with Crippen molar-refractivity contribution < 1.29 is 23.8 Å². The lowest BCUT2D eigenvalue weighted by molar-refractivity contribution is -0.102. The van der Waals surface area contributed by atoms with Gasteiger partial charge in [0.1, 0.15) is 0 Å². The fourth-order valence-electron chi connectivity index (χ4n) is 2.59. The second-order valence-electron chi connectivity index (χ2n) is 5.07. The van der Waals surface area contributed by atoms with E-state index in [-0.39, 0.29) is 17.2 Å². The summed E-state index contributed by atoms with van der Waals surface area (Å²) in [7, 11) is 1.53. The van der Waals surface area contributed by atoms with Crippen LogP contribution in [0, 0.1) is 11.7 Å². The van der Waals surface area contributed by atoms with Gasteiger partial charge in [-0.1, -0.05) is 19.3 Å². The number of hydrogen-bond donors (Lipinski definition) is 1. The van der Waals surface area contributed by atoms with Crippen LogP contribution < -0.4 is 4.74 Å². The topological polar surface area (TPSA) is 55.8 Å². The molecular formula is C15H19FO4. The van der Waals surface area contributed by atoms with E-state index >= 15 is 0 Å². The van der Waals surface area contributed by atoms with Crippen molar-refractivity contribution >= 4 is 5.97 Å². The number of hydrogen-bond acceptors (Lipinski definition) is 3. The Morgan fingerprint density at radius 3 is 2.65 bits per heavy atom. The first-order valence-electron chi connectivity index (χ1n) is 6.84. The van der Waals surface area contributed by atoms with Crippen LogP contribution in [0.1, 0.15) is 42.5 Å². The number of carboxylic acid groups (broad SMARTS) is 1. The van der Waals surface area contributed by atoms with E-state index in [0.717, 1.165) is 31.7 Å². The van der Waals surface area contributed by atoms with Crippen molar-refractivity contribution in [2.24, 2.45) is 5.92 Å². The van der Waals surface area contributed by atoms with E-state index in [1.165, 1.54) is 25.7 Å². The molecule has 2 rings (SSSR count). The van der Waals surface area contributed by atoms with Crippen molar-refractivity contribution in [3.05, 3.63) is 29.6 Å².